The standard InChI is InChI=1S/C13H15N3O4/c1-18-10-6-9(7-11(19-2)13(10)20-3)8-15-16-12(17)4-5-14/h6-8H,4H2,1-3H3,(H,16,17)/b15-8+. The third-order valence-electron chi connectivity index (χ3n) is 2.33. The maximum Gasteiger partial charge on any atom is 0.254 e. The van der Waals surface area contributed by atoms with Crippen LogP contribution < -0.4 is 19.6 Å². The Morgan fingerprint density at radius 2 is 1.90 bits per heavy atom. The van der Waals surface area contributed by atoms with Gasteiger partial charge in [0.15, 0.2) is 11.5 Å². The molecule has 0 heterocycles. The quantitative estimate of drug-likeness (QED) is 0.620. The first-order valence-electron chi connectivity index (χ1n) is 5.65. The van der Waals surface area contributed by atoms with Crippen LogP contribution in [0.4, 0.5) is 0 Å². The van der Waals surface area contributed by atoms with Crippen molar-refractivity contribution >= 4 is 12.1 Å². The number of nitriles is 1. The van der Waals surface area contributed by atoms with Crippen molar-refractivity contribution in [2.45, 2.75) is 6.42 Å². The van der Waals surface area contributed by atoms with Crippen molar-refractivity contribution in [3.63, 3.8) is 0 Å². The lowest BCUT2D eigenvalue weighted by Crippen LogP contribution is -2.16. The van der Waals surface area contributed by atoms with Gasteiger partial charge in [0.2, 0.25) is 5.75 Å². The lowest BCUT2D eigenvalue weighted by Gasteiger charge is -2.12. The monoisotopic (exact) mass is 277 g/mol. The number of benzene rings is 1. The Morgan fingerprint density at radius 1 is 1.30 bits per heavy atom. The highest BCUT2D eigenvalue weighted by molar-refractivity contribution is 5.84. The fourth-order valence-electron chi connectivity index (χ4n) is 1.47. The van der Waals surface area contributed by atoms with E-state index in [4.69, 9.17) is 19.5 Å². The Hall–Kier alpha value is -2.75. The number of carbonyl (C=O) groups excluding carboxylic acids is 1. The van der Waals surface area contributed by atoms with Crippen LogP contribution in [0.15, 0.2) is 17.2 Å². The van der Waals surface area contributed by atoms with Crippen molar-refractivity contribution in [3.05, 3.63) is 17.7 Å². The number of hydrogen-bond donors (Lipinski definition) is 1. The number of ether oxygens (including phenoxy) is 3. The van der Waals surface area contributed by atoms with Crippen molar-refractivity contribution in [1.82, 2.24) is 5.43 Å². The van der Waals surface area contributed by atoms with Gasteiger partial charge in [-0.2, -0.15) is 10.4 Å². The molecule has 1 aromatic carbocycles. The Labute approximate surface area is 116 Å². The van der Waals surface area contributed by atoms with E-state index in [-0.39, 0.29) is 6.42 Å². The normalized spacial score (nSPS) is 9.90. The molecule has 0 atom stereocenters. The highest BCUT2D eigenvalue weighted by Gasteiger charge is 2.12. The second-order valence-electron chi connectivity index (χ2n) is 3.59. The van der Waals surface area contributed by atoms with E-state index in [2.05, 4.69) is 10.5 Å². The summed E-state index contributed by atoms with van der Waals surface area (Å²) in [6.45, 7) is 0. The molecule has 1 rings (SSSR count). The molecule has 0 bridgehead atoms. The minimum atomic E-state index is -0.476. The minimum Gasteiger partial charge on any atom is -0.493 e. The van der Waals surface area contributed by atoms with Gasteiger partial charge >= 0.3 is 0 Å². The van der Waals surface area contributed by atoms with Crippen LogP contribution in [0.5, 0.6) is 17.2 Å². The van der Waals surface area contributed by atoms with Gasteiger partial charge in [-0.15, -0.1) is 0 Å². The zero-order valence-electron chi connectivity index (χ0n) is 11.5. The van der Waals surface area contributed by atoms with Crippen LogP contribution >= 0.6 is 0 Å². The number of methoxy groups -OCH3 is 3. The van der Waals surface area contributed by atoms with Gasteiger partial charge in [-0.05, 0) is 12.1 Å². The van der Waals surface area contributed by atoms with Crippen LogP contribution in [-0.2, 0) is 4.79 Å². The SMILES string of the molecule is COc1cc(/C=N/NC(=O)CC#N)cc(OC)c1OC. The molecule has 0 fully saturated rings. The summed E-state index contributed by atoms with van der Waals surface area (Å²) in [5.41, 5.74) is 2.88. The third-order valence-corrected chi connectivity index (χ3v) is 2.33. The van der Waals surface area contributed by atoms with E-state index in [1.807, 2.05) is 0 Å². The highest BCUT2D eigenvalue weighted by Crippen LogP contribution is 2.37. The van der Waals surface area contributed by atoms with E-state index in [1.54, 1.807) is 18.2 Å². The maximum atomic E-state index is 11.1. The molecule has 20 heavy (non-hydrogen) atoms. The summed E-state index contributed by atoms with van der Waals surface area (Å²) >= 11 is 0. The summed E-state index contributed by atoms with van der Waals surface area (Å²) in [6, 6.07) is 5.09. The van der Waals surface area contributed by atoms with E-state index in [0.717, 1.165) is 0 Å². The summed E-state index contributed by atoms with van der Waals surface area (Å²) in [6.07, 6.45) is 1.17. The van der Waals surface area contributed by atoms with Gasteiger partial charge in [0.1, 0.15) is 6.42 Å². The zero-order valence-corrected chi connectivity index (χ0v) is 11.5. The Morgan fingerprint density at radius 3 is 2.35 bits per heavy atom. The van der Waals surface area contributed by atoms with Crippen molar-refractivity contribution in [1.29, 1.82) is 5.26 Å². The molecule has 0 spiro atoms. The van der Waals surface area contributed by atoms with E-state index in [1.165, 1.54) is 27.5 Å². The minimum absolute atomic E-state index is 0.243. The molecule has 0 aliphatic carbocycles. The number of rotatable bonds is 6. The van der Waals surface area contributed by atoms with Crippen LogP contribution in [0.2, 0.25) is 0 Å². The molecule has 0 aliphatic heterocycles. The van der Waals surface area contributed by atoms with Gasteiger partial charge in [0.05, 0.1) is 33.6 Å². The summed E-state index contributed by atoms with van der Waals surface area (Å²) in [4.78, 5) is 11.1. The molecule has 7 heteroatoms. The van der Waals surface area contributed by atoms with Crippen LogP contribution in [0.25, 0.3) is 0 Å². The second kappa shape index (κ2) is 7.63. The summed E-state index contributed by atoms with van der Waals surface area (Å²) in [5, 5.41) is 12.1. The van der Waals surface area contributed by atoms with Crippen molar-refractivity contribution in [2.75, 3.05) is 21.3 Å². The van der Waals surface area contributed by atoms with E-state index in [9.17, 15) is 4.79 Å². The molecular formula is C13H15N3O4. The van der Waals surface area contributed by atoms with E-state index >= 15 is 0 Å². The molecule has 0 radical (unpaired) electrons. The molecule has 0 saturated heterocycles. The zero-order chi connectivity index (χ0) is 15.0. The van der Waals surface area contributed by atoms with Gasteiger partial charge < -0.3 is 14.2 Å². The van der Waals surface area contributed by atoms with Gasteiger partial charge in [-0.25, -0.2) is 5.43 Å². The molecule has 106 valence electrons. The summed E-state index contributed by atoms with van der Waals surface area (Å²) in [7, 11) is 4.52. The number of carbonyl (C=O) groups is 1. The number of hydrogen-bond acceptors (Lipinski definition) is 6. The van der Waals surface area contributed by atoms with E-state index in [0.29, 0.717) is 22.8 Å². The van der Waals surface area contributed by atoms with Crippen LogP contribution in [-0.4, -0.2) is 33.5 Å². The molecule has 0 aromatic heterocycles. The molecule has 0 aliphatic rings. The molecule has 1 aromatic rings. The molecule has 1 amide bonds. The smallest absolute Gasteiger partial charge is 0.254 e. The first-order chi connectivity index (χ1) is 9.65. The lowest BCUT2D eigenvalue weighted by atomic mass is 10.2. The van der Waals surface area contributed by atoms with Crippen LogP contribution in [0.1, 0.15) is 12.0 Å². The average molecular weight is 277 g/mol. The molecular weight excluding hydrogens is 262 g/mol. The highest BCUT2D eigenvalue weighted by atomic mass is 16.5. The fraction of sp³-hybridized carbons (Fsp3) is 0.308. The van der Waals surface area contributed by atoms with Crippen molar-refractivity contribution in [3.8, 4) is 23.3 Å². The van der Waals surface area contributed by atoms with Crippen molar-refractivity contribution < 1.29 is 19.0 Å². The summed E-state index contributed by atoms with van der Waals surface area (Å²) < 4.78 is 15.6. The largest absolute Gasteiger partial charge is 0.493 e. The molecule has 7 nitrogen and oxygen atoms in total. The van der Waals surface area contributed by atoms with Crippen LogP contribution in [0, 0.1) is 11.3 Å². The van der Waals surface area contributed by atoms with E-state index < -0.39 is 5.91 Å². The average Bonchev–Trinajstić information content (AvgIpc) is 2.46. The van der Waals surface area contributed by atoms with Crippen molar-refractivity contribution in [2.24, 2.45) is 5.10 Å². The second-order valence-corrected chi connectivity index (χ2v) is 3.59. The van der Waals surface area contributed by atoms with Gasteiger partial charge in [-0.1, -0.05) is 0 Å². The number of amides is 1. The predicted octanol–water partition coefficient (Wildman–Crippen LogP) is 1.08. The number of nitrogens with one attached hydrogen (secondary N) is 1. The first-order valence-corrected chi connectivity index (χ1v) is 5.65. The predicted molar refractivity (Wildman–Crippen MR) is 72.1 cm³/mol. The number of hydrazone groups is 1. The molecule has 0 unspecified atom stereocenters. The molecule has 1 N–H and O–H groups in total. The summed E-state index contributed by atoms with van der Waals surface area (Å²) in [5.74, 6) is 0.963. The Balaban J connectivity index is 2.94. The lowest BCUT2D eigenvalue weighted by molar-refractivity contribution is -0.120. The third kappa shape index (κ3) is 3.88. The topological polar surface area (TPSA) is 92.9 Å². The Kier molecular flexibility index (Phi) is 5.84. The van der Waals surface area contributed by atoms with Gasteiger partial charge in [-0.3, -0.25) is 4.79 Å². The number of nitrogens with zero attached hydrogens (tertiary/aromatic N) is 2. The maximum absolute atomic E-state index is 11.1. The molecule has 0 saturated carbocycles. The van der Waals surface area contributed by atoms with Gasteiger partial charge in [0, 0.05) is 5.56 Å². The fourth-order valence-corrected chi connectivity index (χ4v) is 1.47. The first kappa shape index (κ1) is 15.3. The van der Waals surface area contributed by atoms with Gasteiger partial charge in [0.25, 0.3) is 5.91 Å². The Bertz CT molecular complexity index is 524. The van der Waals surface area contributed by atoms with Crippen LogP contribution in [0.3, 0.4) is 0 Å².